The molecule has 1 aliphatic rings. The largest absolute Gasteiger partial charge is 0.466 e. The van der Waals surface area contributed by atoms with Gasteiger partial charge in [0.1, 0.15) is 18.2 Å². The van der Waals surface area contributed by atoms with Gasteiger partial charge in [0.15, 0.2) is 0 Å². The maximum Gasteiger partial charge on any atom is 0.408 e. The van der Waals surface area contributed by atoms with Gasteiger partial charge >= 0.3 is 12.1 Å². The van der Waals surface area contributed by atoms with E-state index in [9.17, 15) is 19.2 Å². The molecular formula is C26H39N3O6. The van der Waals surface area contributed by atoms with Crippen LogP contribution in [0.15, 0.2) is 18.2 Å². The average Bonchev–Trinajstić information content (AvgIpc) is 3.47. The van der Waals surface area contributed by atoms with Crippen LogP contribution in [-0.4, -0.2) is 60.1 Å². The predicted octanol–water partition coefficient (Wildman–Crippen LogP) is 3.18. The normalized spacial score (nSPS) is 17.7. The van der Waals surface area contributed by atoms with Gasteiger partial charge in [-0.1, -0.05) is 25.1 Å². The molecule has 3 atom stereocenters. The zero-order chi connectivity index (χ0) is 26.3. The summed E-state index contributed by atoms with van der Waals surface area (Å²) in [5.41, 5.74) is 2.04. The molecule has 1 saturated carbocycles. The van der Waals surface area contributed by atoms with Crippen LogP contribution in [0.1, 0.15) is 70.2 Å². The second-order valence-corrected chi connectivity index (χ2v) is 10.0. The lowest BCUT2D eigenvalue weighted by molar-refractivity contribution is -0.144. The number of nitrogens with one attached hydrogen (secondary N) is 2. The monoisotopic (exact) mass is 489 g/mol. The molecule has 1 aromatic rings. The van der Waals surface area contributed by atoms with Gasteiger partial charge in [-0.3, -0.25) is 14.4 Å². The van der Waals surface area contributed by atoms with Crippen molar-refractivity contribution in [3.05, 3.63) is 34.9 Å². The van der Waals surface area contributed by atoms with E-state index >= 15 is 0 Å². The molecule has 1 aliphatic carbocycles. The van der Waals surface area contributed by atoms with E-state index in [1.165, 1.54) is 0 Å². The fourth-order valence-corrected chi connectivity index (χ4v) is 3.75. The van der Waals surface area contributed by atoms with Gasteiger partial charge in [-0.15, -0.1) is 0 Å². The van der Waals surface area contributed by atoms with Gasteiger partial charge < -0.3 is 25.0 Å². The Morgan fingerprint density at radius 2 is 1.77 bits per heavy atom. The molecule has 0 bridgehead atoms. The van der Waals surface area contributed by atoms with Crippen LogP contribution in [0.4, 0.5) is 4.79 Å². The number of alkyl carbamates (subject to hydrolysis) is 1. The molecule has 0 spiro atoms. The molecule has 9 heteroatoms. The van der Waals surface area contributed by atoms with Crippen molar-refractivity contribution in [3.8, 4) is 0 Å². The van der Waals surface area contributed by atoms with E-state index in [1.54, 1.807) is 32.6 Å². The number of carbonyl (C=O) groups is 4. The van der Waals surface area contributed by atoms with Crippen LogP contribution in [0.3, 0.4) is 0 Å². The lowest BCUT2D eigenvalue weighted by atomic mass is 9.98. The fraction of sp³-hybridized carbons (Fsp3) is 0.615. The number of nitrogens with zero attached hydrogens (tertiary/aromatic N) is 1. The molecule has 0 aromatic heterocycles. The Balaban J connectivity index is 2.27. The van der Waals surface area contributed by atoms with E-state index < -0.39 is 23.7 Å². The van der Waals surface area contributed by atoms with Gasteiger partial charge in [0.25, 0.3) is 0 Å². The second-order valence-electron chi connectivity index (χ2n) is 10.0. The molecule has 2 N–H and O–H groups in total. The van der Waals surface area contributed by atoms with Gasteiger partial charge in [0.05, 0.1) is 13.0 Å². The van der Waals surface area contributed by atoms with Gasteiger partial charge in [0.2, 0.25) is 11.8 Å². The molecule has 35 heavy (non-hydrogen) atoms. The lowest BCUT2D eigenvalue weighted by Crippen LogP contribution is -2.49. The number of amides is 3. The highest BCUT2D eigenvalue weighted by Gasteiger charge is 2.46. The standard InChI is InChI=1S/C26H39N3O6/c1-8-34-22(31)11-12-27-24(32)23(19-10-9-16(2)17(3)13-19)29(20-14-18(20)4)21(30)15-28-25(33)35-26(5,6)7/h9-10,13,18,20,23H,8,11-12,14-15H2,1-7H3,(H,27,32)(H,28,33). The van der Waals surface area contributed by atoms with Crippen LogP contribution >= 0.6 is 0 Å². The molecule has 0 saturated heterocycles. The van der Waals surface area contributed by atoms with Crippen LogP contribution in [0.2, 0.25) is 0 Å². The topological polar surface area (TPSA) is 114 Å². The Hall–Kier alpha value is -3.10. The summed E-state index contributed by atoms with van der Waals surface area (Å²) in [5.74, 6) is -0.945. The summed E-state index contributed by atoms with van der Waals surface area (Å²) < 4.78 is 10.2. The molecule has 0 aliphatic heterocycles. The number of esters is 1. The smallest absolute Gasteiger partial charge is 0.408 e. The van der Waals surface area contributed by atoms with Crippen molar-refractivity contribution in [3.63, 3.8) is 0 Å². The quantitative estimate of drug-likeness (QED) is 0.488. The number of rotatable bonds is 10. The molecule has 1 aromatic carbocycles. The Kier molecular flexibility index (Phi) is 9.68. The summed E-state index contributed by atoms with van der Waals surface area (Å²) >= 11 is 0. The summed E-state index contributed by atoms with van der Waals surface area (Å²) in [4.78, 5) is 52.2. The molecule has 3 unspecified atom stereocenters. The number of hydrogen-bond donors (Lipinski definition) is 2. The first-order valence-corrected chi connectivity index (χ1v) is 12.1. The minimum absolute atomic E-state index is 0.0349. The number of ether oxygens (including phenoxy) is 2. The Labute approximate surface area is 207 Å². The van der Waals surface area contributed by atoms with Crippen molar-refractivity contribution in [1.29, 1.82) is 0 Å². The first-order valence-electron chi connectivity index (χ1n) is 12.1. The van der Waals surface area contributed by atoms with E-state index in [2.05, 4.69) is 10.6 Å². The third-order valence-electron chi connectivity index (χ3n) is 5.80. The van der Waals surface area contributed by atoms with E-state index in [1.807, 2.05) is 39.0 Å². The Bertz CT molecular complexity index is 940. The van der Waals surface area contributed by atoms with Crippen molar-refractivity contribution >= 4 is 23.9 Å². The van der Waals surface area contributed by atoms with Crippen molar-refractivity contribution < 1.29 is 28.7 Å². The van der Waals surface area contributed by atoms with E-state index in [0.29, 0.717) is 5.56 Å². The average molecular weight is 490 g/mol. The van der Waals surface area contributed by atoms with Gasteiger partial charge in [-0.2, -0.15) is 0 Å². The van der Waals surface area contributed by atoms with Crippen LogP contribution in [0.25, 0.3) is 0 Å². The second kappa shape index (κ2) is 12.0. The maximum atomic E-state index is 13.4. The van der Waals surface area contributed by atoms with Crippen molar-refractivity contribution in [1.82, 2.24) is 15.5 Å². The Morgan fingerprint density at radius 1 is 1.11 bits per heavy atom. The maximum absolute atomic E-state index is 13.4. The number of benzene rings is 1. The third kappa shape index (κ3) is 8.56. The first-order chi connectivity index (χ1) is 16.3. The molecule has 1 fully saturated rings. The molecule has 0 heterocycles. The summed E-state index contributed by atoms with van der Waals surface area (Å²) in [6.07, 6.45) is 0.0966. The minimum Gasteiger partial charge on any atom is -0.466 e. The van der Waals surface area contributed by atoms with Gasteiger partial charge in [-0.05, 0) is 70.6 Å². The number of hydrogen-bond acceptors (Lipinski definition) is 6. The number of carbonyl (C=O) groups excluding carboxylic acids is 4. The Morgan fingerprint density at radius 3 is 2.31 bits per heavy atom. The van der Waals surface area contributed by atoms with Crippen LogP contribution < -0.4 is 10.6 Å². The first kappa shape index (κ1) is 28.1. The molecule has 3 amide bonds. The highest BCUT2D eigenvalue weighted by atomic mass is 16.6. The predicted molar refractivity (Wildman–Crippen MR) is 132 cm³/mol. The van der Waals surface area contributed by atoms with E-state index in [-0.39, 0.29) is 49.9 Å². The summed E-state index contributed by atoms with van der Waals surface area (Å²) in [6, 6.07) is 4.62. The zero-order valence-electron chi connectivity index (χ0n) is 21.9. The lowest BCUT2D eigenvalue weighted by Gasteiger charge is -2.32. The van der Waals surface area contributed by atoms with Gasteiger partial charge in [-0.25, -0.2) is 4.79 Å². The minimum atomic E-state index is -0.903. The molecule has 0 radical (unpaired) electrons. The van der Waals surface area contributed by atoms with Crippen LogP contribution in [0.5, 0.6) is 0 Å². The number of aryl methyl sites for hydroxylation is 2. The van der Waals surface area contributed by atoms with Crippen molar-refractivity contribution in [2.45, 2.75) is 79.0 Å². The molecule has 2 rings (SSSR count). The van der Waals surface area contributed by atoms with E-state index in [0.717, 1.165) is 17.5 Å². The highest BCUT2D eigenvalue weighted by molar-refractivity contribution is 5.91. The third-order valence-corrected chi connectivity index (χ3v) is 5.80. The van der Waals surface area contributed by atoms with Gasteiger partial charge in [0, 0.05) is 12.6 Å². The van der Waals surface area contributed by atoms with Crippen molar-refractivity contribution in [2.24, 2.45) is 5.92 Å². The molecule has 194 valence electrons. The molecular weight excluding hydrogens is 450 g/mol. The summed E-state index contributed by atoms with van der Waals surface area (Å²) in [5, 5.41) is 5.30. The zero-order valence-corrected chi connectivity index (χ0v) is 21.9. The highest BCUT2D eigenvalue weighted by Crippen LogP contribution is 2.40. The van der Waals surface area contributed by atoms with Crippen LogP contribution in [0, 0.1) is 19.8 Å². The SMILES string of the molecule is CCOC(=O)CCNC(=O)C(c1ccc(C)c(C)c1)N(C(=O)CNC(=O)OC(C)(C)C)C1CC1C. The molecule has 9 nitrogen and oxygen atoms in total. The van der Waals surface area contributed by atoms with Crippen LogP contribution in [-0.2, 0) is 23.9 Å². The summed E-state index contributed by atoms with van der Waals surface area (Å²) in [6.45, 7) is 12.9. The van der Waals surface area contributed by atoms with E-state index in [4.69, 9.17) is 9.47 Å². The summed E-state index contributed by atoms with van der Waals surface area (Å²) in [7, 11) is 0. The fourth-order valence-electron chi connectivity index (χ4n) is 3.75. The van der Waals surface area contributed by atoms with Crippen molar-refractivity contribution in [2.75, 3.05) is 19.7 Å².